The highest BCUT2D eigenvalue weighted by atomic mass is 16.5. The van der Waals surface area contributed by atoms with E-state index >= 15 is 0 Å². The van der Waals surface area contributed by atoms with Crippen LogP contribution in [-0.4, -0.2) is 12.7 Å². The topological polar surface area (TPSA) is 9.23 Å². The Morgan fingerprint density at radius 1 is 1.19 bits per heavy atom. The Morgan fingerprint density at radius 2 is 1.94 bits per heavy atom. The van der Waals surface area contributed by atoms with Gasteiger partial charge in [0.2, 0.25) is 0 Å². The molecule has 1 aromatic carbocycles. The van der Waals surface area contributed by atoms with Gasteiger partial charge >= 0.3 is 0 Å². The van der Waals surface area contributed by atoms with Crippen molar-refractivity contribution in [1.82, 2.24) is 0 Å². The molecule has 0 radical (unpaired) electrons. The summed E-state index contributed by atoms with van der Waals surface area (Å²) in [5.74, 6) is 0. The molecule has 2 rings (SSSR count). The third-order valence-electron chi connectivity index (χ3n) is 3.45. The zero-order valence-electron chi connectivity index (χ0n) is 10.2. The van der Waals surface area contributed by atoms with Crippen LogP contribution >= 0.6 is 0 Å². The number of ether oxygens (including phenoxy) is 1. The zero-order valence-corrected chi connectivity index (χ0v) is 10.2. The lowest BCUT2D eigenvalue weighted by Gasteiger charge is -2.08. The number of hydrogen-bond acceptors (Lipinski definition) is 1. The Balaban J connectivity index is 1.71. The quantitative estimate of drug-likeness (QED) is 0.731. The van der Waals surface area contributed by atoms with Gasteiger partial charge in [-0.25, -0.2) is 0 Å². The van der Waals surface area contributed by atoms with Gasteiger partial charge in [0, 0.05) is 6.61 Å². The molecule has 0 bridgehead atoms. The van der Waals surface area contributed by atoms with Gasteiger partial charge in [-0.2, -0.15) is 0 Å². The fraction of sp³-hybridized carbons (Fsp3) is 0.600. The Labute approximate surface area is 98.8 Å². The maximum Gasteiger partial charge on any atom is 0.0576 e. The molecule has 0 aromatic heterocycles. The van der Waals surface area contributed by atoms with E-state index < -0.39 is 0 Å². The molecular formula is C15H22O. The maximum atomic E-state index is 5.63. The highest BCUT2D eigenvalue weighted by Gasteiger charge is 2.14. The van der Waals surface area contributed by atoms with Crippen LogP contribution in [0.4, 0.5) is 0 Å². The summed E-state index contributed by atoms with van der Waals surface area (Å²) < 4.78 is 5.63. The smallest absolute Gasteiger partial charge is 0.0576 e. The van der Waals surface area contributed by atoms with Gasteiger partial charge in [-0.1, -0.05) is 31.2 Å². The second-order valence-electron chi connectivity index (χ2n) is 4.70. The lowest BCUT2D eigenvalue weighted by atomic mass is 10.0. The summed E-state index contributed by atoms with van der Waals surface area (Å²) in [7, 11) is 0. The second kappa shape index (κ2) is 6.05. The summed E-state index contributed by atoms with van der Waals surface area (Å²) in [5.41, 5.74) is 2.90. The maximum absolute atomic E-state index is 5.63. The van der Waals surface area contributed by atoms with Gasteiger partial charge in [-0.3, -0.25) is 0 Å². The first-order chi connectivity index (χ1) is 7.88. The molecule has 1 saturated heterocycles. The van der Waals surface area contributed by atoms with Crippen molar-refractivity contribution in [1.29, 1.82) is 0 Å². The molecule has 1 fully saturated rings. The van der Waals surface area contributed by atoms with Crippen LogP contribution in [0.2, 0.25) is 0 Å². The second-order valence-corrected chi connectivity index (χ2v) is 4.70. The van der Waals surface area contributed by atoms with Gasteiger partial charge in [-0.05, 0) is 49.7 Å². The van der Waals surface area contributed by atoms with E-state index in [9.17, 15) is 0 Å². The molecule has 16 heavy (non-hydrogen) atoms. The van der Waals surface area contributed by atoms with Crippen molar-refractivity contribution in [2.75, 3.05) is 6.61 Å². The van der Waals surface area contributed by atoms with Crippen LogP contribution in [0.25, 0.3) is 0 Å². The van der Waals surface area contributed by atoms with Gasteiger partial charge in [0.25, 0.3) is 0 Å². The molecule has 0 aliphatic carbocycles. The molecule has 88 valence electrons. The first-order valence-electron chi connectivity index (χ1n) is 6.58. The molecule has 1 atom stereocenters. The van der Waals surface area contributed by atoms with Crippen molar-refractivity contribution < 1.29 is 4.74 Å². The summed E-state index contributed by atoms with van der Waals surface area (Å²) in [6, 6.07) is 9.05. The Kier molecular flexibility index (Phi) is 4.41. The molecule has 1 aliphatic rings. The number of benzene rings is 1. The zero-order chi connectivity index (χ0) is 11.2. The molecule has 0 amide bonds. The summed E-state index contributed by atoms with van der Waals surface area (Å²) in [5, 5.41) is 0. The Morgan fingerprint density at radius 3 is 2.56 bits per heavy atom. The average molecular weight is 218 g/mol. The van der Waals surface area contributed by atoms with Crippen molar-refractivity contribution in [2.24, 2.45) is 0 Å². The van der Waals surface area contributed by atoms with E-state index in [1.54, 1.807) is 0 Å². The molecule has 1 nitrogen and oxygen atoms in total. The molecule has 1 aromatic rings. The van der Waals surface area contributed by atoms with Crippen LogP contribution < -0.4 is 0 Å². The molecule has 0 spiro atoms. The highest BCUT2D eigenvalue weighted by molar-refractivity contribution is 5.22. The monoisotopic (exact) mass is 218 g/mol. The summed E-state index contributed by atoms with van der Waals surface area (Å²) in [4.78, 5) is 0. The average Bonchev–Trinajstić information content (AvgIpc) is 2.83. The number of rotatable bonds is 5. The molecular weight excluding hydrogens is 196 g/mol. The van der Waals surface area contributed by atoms with E-state index in [1.165, 1.54) is 43.2 Å². The van der Waals surface area contributed by atoms with E-state index in [0.29, 0.717) is 6.10 Å². The fourth-order valence-corrected chi connectivity index (χ4v) is 2.35. The molecule has 0 N–H and O–H groups in total. The van der Waals surface area contributed by atoms with Crippen LogP contribution in [0.3, 0.4) is 0 Å². The first kappa shape index (κ1) is 11.7. The molecule has 1 heterocycles. The molecule has 0 saturated carbocycles. The van der Waals surface area contributed by atoms with Crippen LogP contribution in [0.5, 0.6) is 0 Å². The fourth-order valence-electron chi connectivity index (χ4n) is 2.35. The van der Waals surface area contributed by atoms with Gasteiger partial charge in [0.15, 0.2) is 0 Å². The van der Waals surface area contributed by atoms with E-state index in [0.717, 1.165) is 13.0 Å². The minimum atomic E-state index is 0.551. The van der Waals surface area contributed by atoms with Crippen molar-refractivity contribution in [2.45, 2.75) is 51.6 Å². The van der Waals surface area contributed by atoms with Crippen molar-refractivity contribution >= 4 is 0 Å². The van der Waals surface area contributed by atoms with Crippen LogP contribution in [-0.2, 0) is 17.6 Å². The van der Waals surface area contributed by atoms with Gasteiger partial charge in [0.1, 0.15) is 0 Å². The van der Waals surface area contributed by atoms with E-state index in [4.69, 9.17) is 4.74 Å². The Bertz CT molecular complexity index is 296. The SMILES string of the molecule is CCc1ccc(CCCC2CCCO2)cc1. The lowest BCUT2D eigenvalue weighted by Crippen LogP contribution is -2.04. The van der Waals surface area contributed by atoms with E-state index in [2.05, 4.69) is 31.2 Å². The van der Waals surface area contributed by atoms with Crippen LogP contribution in [0.1, 0.15) is 43.7 Å². The Hall–Kier alpha value is -0.820. The summed E-state index contributed by atoms with van der Waals surface area (Å²) in [6.07, 6.45) is 7.91. The number of aryl methyl sites for hydroxylation is 2. The largest absolute Gasteiger partial charge is 0.378 e. The lowest BCUT2D eigenvalue weighted by molar-refractivity contribution is 0.102. The van der Waals surface area contributed by atoms with Gasteiger partial charge < -0.3 is 4.74 Å². The number of hydrogen-bond donors (Lipinski definition) is 0. The predicted molar refractivity (Wildman–Crippen MR) is 67.7 cm³/mol. The third-order valence-corrected chi connectivity index (χ3v) is 3.45. The van der Waals surface area contributed by atoms with Crippen LogP contribution in [0, 0.1) is 0 Å². The highest BCUT2D eigenvalue weighted by Crippen LogP contribution is 2.18. The first-order valence-corrected chi connectivity index (χ1v) is 6.58. The van der Waals surface area contributed by atoms with E-state index in [1.807, 2.05) is 0 Å². The van der Waals surface area contributed by atoms with Gasteiger partial charge in [0.05, 0.1) is 6.10 Å². The molecule has 1 unspecified atom stereocenters. The summed E-state index contributed by atoms with van der Waals surface area (Å²) >= 11 is 0. The normalized spacial score (nSPS) is 20.2. The van der Waals surface area contributed by atoms with Gasteiger partial charge in [-0.15, -0.1) is 0 Å². The van der Waals surface area contributed by atoms with Crippen molar-refractivity contribution in [3.05, 3.63) is 35.4 Å². The van der Waals surface area contributed by atoms with Crippen molar-refractivity contribution in [3.8, 4) is 0 Å². The summed E-state index contributed by atoms with van der Waals surface area (Å²) in [6.45, 7) is 3.18. The van der Waals surface area contributed by atoms with E-state index in [-0.39, 0.29) is 0 Å². The predicted octanol–water partition coefficient (Wildman–Crippen LogP) is 3.75. The molecule has 1 heteroatoms. The van der Waals surface area contributed by atoms with Crippen molar-refractivity contribution in [3.63, 3.8) is 0 Å². The molecule has 1 aliphatic heterocycles. The minimum Gasteiger partial charge on any atom is -0.378 e. The standard InChI is InChI=1S/C15H22O/c1-2-13-8-10-14(11-9-13)5-3-6-15-7-4-12-16-15/h8-11,15H,2-7,12H2,1H3. The minimum absolute atomic E-state index is 0.551. The van der Waals surface area contributed by atoms with Crippen LogP contribution in [0.15, 0.2) is 24.3 Å². The third kappa shape index (κ3) is 3.34.